The Hall–Kier alpha value is -1.08. The highest BCUT2D eigenvalue weighted by molar-refractivity contribution is 5.52. The van der Waals surface area contributed by atoms with Crippen molar-refractivity contribution in [1.29, 1.82) is 0 Å². The first-order valence-electron chi connectivity index (χ1n) is 5.62. The SMILES string of the molecule is CCNC(C)/C=C/c1ccc(C)c(C)c1. The van der Waals surface area contributed by atoms with Crippen LogP contribution in [0.1, 0.15) is 30.5 Å². The summed E-state index contributed by atoms with van der Waals surface area (Å²) >= 11 is 0. The Bertz CT molecular complexity index is 339. The lowest BCUT2D eigenvalue weighted by Gasteiger charge is -2.06. The van der Waals surface area contributed by atoms with Crippen molar-refractivity contribution in [2.75, 3.05) is 6.54 Å². The lowest BCUT2D eigenvalue weighted by atomic mass is 10.1. The van der Waals surface area contributed by atoms with Crippen molar-refractivity contribution in [3.63, 3.8) is 0 Å². The summed E-state index contributed by atoms with van der Waals surface area (Å²) in [5.41, 5.74) is 3.99. The van der Waals surface area contributed by atoms with E-state index in [1.54, 1.807) is 0 Å². The van der Waals surface area contributed by atoms with Crippen LogP contribution in [0, 0.1) is 13.8 Å². The monoisotopic (exact) mass is 203 g/mol. The van der Waals surface area contributed by atoms with E-state index in [2.05, 4.69) is 63.4 Å². The zero-order chi connectivity index (χ0) is 11.3. The third kappa shape index (κ3) is 3.88. The van der Waals surface area contributed by atoms with Gasteiger partial charge in [0, 0.05) is 6.04 Å². The Morgan fingerprint density at radius 1 is 1.27 bits per heavy atom. The normalized spacial score (nSPS) is 13.3. The molecule has 0 saturated carbocycles. The second-order valence-corrected chi connectivity index (χ2v) is 4.05. The van der Waals surface area contributed by atoms with E-state index in [4.69, 9.17) is 0 Å². The molecule has 1 heteroatoms. The van der Waals surface area contributed by atoms with E-state index in [1.165, 1.54) is 16.7 Å². The number of benzene rings is 1. The molecule has 1 unspecified atom stereocenters. The first-order chi connectivity index (χ1) is 7.13. The molecule has 1 aromatic rings. The minimum atomic E-state index is 0.441. The summed E-state index contributed by atoms with van der Waals surface area (Å²) in [6.07, 6.45) is 4.38. The highest BCUT2D eigenvalue weighted by Gasteiger charge is 1.95. The van der Waals surface area contributed by atoms with Crippen molar-refractivity contribution in [3.05, 3.63) is 41.0 Å². The maximum Gasteiger partial charge on any atom is 0.0224 e. The third-order valence-corrected chi connectivity index (χ3v) is 2.63. The van der Waals surface area contributed by atoms with E-state index in [1.807, 2.05) is 0 Å². The topological polar surface area (TPSA) is 12.0 Å². The van der Waals surface area contributed by atoms with Crippen molar-refractivity contribution in [1.82, 2.24) is 5.32 Å². The molecule has 1 N–H and O–H groups in total. The standard InChI is InChI=1S/C14H21N/c1-5-15-13(4)7-9-14-8-6-11(2)12(3)10-14/h6-10,13,15H,5H2,1-4H3/b9-7+. The van der Waals surface area contributed by atoms with Crippen LogP contribution in [-0.2, 0) is 0 Å². The van der Waals surface area contributed by atoms with Gasteiger partial charge in [-0.1, -0.05) is 37.3 Å². The first-order valence-corrected chi connectivity index (χ1v) is 5.62. The van der Waals surface area contributed by atoms with Gasteiger partial charge in [0.1, 0.15) is 0 Å². The Balaban J connectivity index is 2.68. The van der Waals surface area contributed by atoms with Crippen molar-refractivity contribution >= 4 is 6.08 Å². The number of hydrogen-bond acceptors (Lipinski definition) is 1. The summed E-state index contributed by atoms with van der Waals surface area (Å²) < 4.78 is 0. The van der Waals surface area contributed by atoms with Gasteiger partial charge in [-0.2, -0.15) is 0 Å². The molecule has 0 heterocycles. The quantitative estimate of drug-likeness (QED) is 0.791. The molecule has 0 aliphatic heterocycles. The van der Waals surface area contributed by atoms with Crippen molar-refractivity contribution in [3.8, 4) is 0 Å². The van der Waals surface area contributed by atoms with Crippen LogP contribution >= 0.6 is 0 Å². The van der Waals surface area contributed by atoms with E-state index in [0.29, 0.717) is 6.04 Å². The molecule has 15 heavy (non-hydrogen) atoms. The van der Waals surface area contributed by atoms with Crippen molar-refractivity contribution in [2.45, 2.75) is 33.7 Å². The van der Waals surface area contributed by atoms with Gasteiger partial charge >= 0.3 is 0 Å². The number of hydrogen-bond donors (Lipinski definition) is 1. The van der Waals surface area contributed by atoms with E-state index >= 15 is 0 Å². The van der Waals surface area contributed by atoms with Gasteiger partial charge in [0.2, 0.25) is 0 Å². The smallest absolute Gasteiger partial charge is 0.0224 e. The van der Waals surface area contributed by atoms with Crippen molar-refractivity contribution < 1.29 is 0 Å². The fourth-order valence-electron chi connectivity index (χ4n) is 1.51. The molecule has 0 amide bonds. The Kier molecular flexibility index (Phi) is 4.57. The number of nitrogens with one attached hydrogen (secondary N) is 1. The summed E-state index contributed by atoms with van der Waals surface area (Å²) in [7, 11) is 0. The molecule has 0 spiro atoms. The minimum Gasteiger partial charge on any atom is -0.311 e. The number of rotatable bonds is 4. The van der Waals surface area contributed by atoms with Gasteiger partial charge in [0.25, 0.3) is 0 Å². The van der Waals surface area contributed by atoms with Gasteiger partial charge in [0.15, 0.2) is 0 Å². The first kappa shape index (κ1) is 12.0. The zero-order valence-electron chi connectivity index (χ0n) is 10.2. The molecule has 1 atom stereocenters. The van der Waals surface area contributed by atoms with Gasteiger partial charge in [-0.15, -0.1) is 0 Å². The Morgan fingerprint density at radius 3 is 2.60 bits per heavy atom. The van der Waals surface area contributed by atoms with E-state index in [0.717, 1.165) is 6.54 Å². The van der Waals surface area contributed by atoms with Gasteiger partial charge < -0.3 is 5.32 Å². The minimum absolute atomic E-state index is 0.441. The maximum atomic E-state index is 3.35. The van der Waals surface area contributed by atoms with Gasteiger partial charge in [0.05, 0.1) is 0 Å². The summed E-state index contributed by atoms with van der Waals surface area (Å²) in [5, 5.41) is 3.35. The van der Waals surface area contributed by atoms with E-state index in [-0.39, 0.29) is 0 Å². The molecular formula is C14H21N. The van der Waals surface area contributed by atoms with Gasteiger partial charge in [-0.05, 0) is 44.0 Å². The predicted molar refractivity (Wildman–Crippen MR) is 68.1 cm³/mol. The highest BCUT2D eigenvalue weighted by atomic mass is 14.9. The Morgan fingerprint density at radius 2 is 2.00 bits per heavy atom. The van der Waals surface area contributed by atoms with E-state index < -0.39 is 0 Å². The molecule has 0 fully saturated rings. The molecule has 0 aromatic heterocycles. The average molecular weight is 203 g/mol. The number of aryl methyl sites for hydroxylation is 2. The summed E-state index contributed by atoms with van der Waals surface area (Å²) in [6, 6.07) is 7.01. The third-order valence-electron chi connectivity index (χ3n) is 2.63. The van der Waals surface area contributed by atoms with Gasteiger partial charge in [-0.3, -0.25) is 0 Å². The molecule has 0 saturated heterocycles. The second kappa shape index (κ2) is 5.72. The molecule has 1 rings (SSSR count). The fourth-order valence-corrected chi connectivity index (χ4v) is 1.51. The lowest BCUT2D eigenvalue weighted by Crippen LogP contribution is -2.22. The van der Waals surface area contributed by atoms with Gasteiger partial charge in [-0.25, -0.2) is 0 Å². The molecule has 82 valence electrons. The van der Waals surface area contributed by atoms with Crippen LogP contribution in [-0.4, -0.2) is 12.6 Å². The number of likely N-dealkylation sites (N-methyl/N-ethyl adjacent to an activating group) is 1. The van der Waals surface area contributed by atoms with Crippen molar-refractivity contribution in [2.24, 2.45) is 0 Å². The fraction of sp³-hybridized carbons (Fsp3) is 0.429. The van der Waals surface area contributed by atoms with E-state index in [9.17, 15) is 0 Å². The molecule has 0 radical (unpaired) electrons. The van der Waals surface area contributed by atoms with Crippen LogP contribution in [0.5, 0.6) is 0 Å². The summed E-state index contributed by atoms with van der Waals surface area (Å²) in [4.78, 5) is 0. The predicted octanol–water partition coefficient (Wildman–Crippen LogP) is 3.31. The molecule has 0 bridgehead atoms. The Labute approximate surface area is 93.2 Å². The molecule has 1 nitrogen and oxygen atoms in total. The van der Waals surface area contributed by atoms with Crippen LogP contribution in [0.3, 0.4) is 0 Å². The average Bonchev–Trinajstić information content (AvgIpc) is 2.20. The van der Waals surface area contributed by atoms with Crippen LogP contribution in [0.15, 0.2) is 24.3 Å². The molecule has 1 aromatic carbocycles. The summed E-state index contributed by atoms with van der Waals surface area (Å²) in [6.45, 7) is 9.60. The highest BCUT2D eigenvalue weighted by Crippen LogP contribution is 2.11. The molecule has 0 aliphatic rings. The second-order valence-electron chi connectivity index (χ2n) is 4.05. The largest absolute Gasteiger partial charge is 0.311 e. The lowest BCUT2D eigenvalue weighted by molar-refractivity contribution is 0.663. The van der Waals surface area contributed by atoms with Crippen LogP contribution < -0.4 is 5.32 Å². The summed E-state index contributed by atoms with van der Waals surface area (Å²) in [5.74, 6) is 0. The molecular weight excluding hydrogens is 182 g/mol. The van der Waals surface area contributed by atoms with Crippen LogP contribution in [0.2, 0.25) is 0 Å². The van der Waals surface area contributed by atoms with Crippen LogP contribution in [0.25, 0.3) is 6.08 Å². The van der Waals surface area contributed by atoms with Crippen LogP contribution in [0.4, 0.5) is 0 Å². The zero-order valence-corrected chi connectivity index (χ0v) is 10.2. The maximum absolute atomic E-state index is 3.35. The molecule has 0 aliphatic carbocycles.